The van der Waals surface area contributed by atoms with Gasteiger partial charge in [-0.3, -0.25) is 0 Å². The third kappa shape index (κ3) is 7.23. The Balaban J connectivity index is 0.787. The zero-order valence-corrected chi connectivity index (χ0v) is 37.5. The SMILES string of the molecule is C1=Cc2c(oc3c2C=C2c4cccc(-c5ccc(-c6cc(-c7ccccc7)cc(-c7ccccc7)c6)cc5)c4OC2C3)C(c2ccc(-c3cc(-c4ccccc4)cc(-c4ccccc4)c3)cc2)C1. The molecule has 0 radical (unpaired) electrons. The van der Waals surface area contributed by atoms with Gasteiger partial charge >= 0.3 is 0 Å². The number of fused-ring (bicyclic) bond motifs is 6. The second kappa shape index (κ2) is 16.8. The minimum Gasteiger partial charge on any atom is -0.484 e. The van der Waals surface area contributed by atoms with Gasteiger partial charge in [0, 0.05) is 40.2 Å². The minimum atomic E-state index is -0.100. The highest BCUT2D eigenvalue weighted by molar-refractivity contribution is 5.96. The largest absolute Gasteiger partial charge is 0.484 e. The van der Waals surface area contributed by atoms with Crippen LogP contribution in [0.15, 0.2) is 235 Å². The fraction of sp³-hybridized carbons (Fsp3) is 0.0606. The molecule has 0 N–H and O–H groups in total. The predicted octanol–water partition coefficient (Wildman–Crippen LogP) is 17.4. The van der Waals surface area contributed by atoms with Crippen molar-refractivity contribution in [1.29, 1.82) is 0 Å². The van der Waals surface area contributed by atoms with Crippen molar-refractivity contribution in [2.45, 2.75) is 24.9 Å². The van der Waals surface area contributed by atoms with Crippen LogP contribution in [0.4, 0.5) is 0 Å². The summed E-state index contributed by atoms with van der Waals surface area (Å²) in [7, 11) is 0. The van der Waals surface area contributed by atoms with Gasteiger partial charge < -0.3 is 9.15 Å². The lowest BCUT2D eigenvalue weighted by atomic mass is 9.83. The third-order valence-corrected chi connectivity index (χ3v) is 14.1. The highest BCUT2D eigenvalue weighted by Crippen LogP contribution is 2.51. The Bertz CT molecular complexity index is 3430. The van der Waals surface area contributed by atoms with Crippen molar-refractivity contribution < 1.29 is 9.15 Å². The van der Waals surface area contributed by atoms with E-state index in [0.717, 1.165) is 34.8 Å². The van der Waals surface area contributed by atoms with Gasteiger partial charge in [-0.15, -0.1) is 0 Å². The molecule has 13 rings (SSSR count). The molecular weight excluding hydrogens is 825 g/mol. The lowest BCUT2D eigenvalue weighted by Crippen LogP contribution is -2.18. The molecule has 10 aromatic rings. The van der Waals surface area contributed by atoms with E-state index < -0.39 is 0 Å². The second-order valence-corrected chi connectivity index (χ2v) is 18.3. The number of allylic oxidation sites excluding steroid dienone is 1. The molecule has 0 saturated heterocycles. The Hall–Kier alpha value is -8.46. The summed E-state index contributed by atoms with van der Waals surface area (Å²) in [5.74, 6) is 3.15. The van der Waals surface area contributed by atoms with E-state index in [1.807, 2.05) is 0 Å². The molecule has 0 fully saturated rings. The molecule has 2 heterocycles. The molecule has 2 aliphatic carbocycles. The van der Waals surface area contributed by atoms with Gasteiger partial charge in [-0.25, -0.2) is 0 Å². The quantitative estimate of drug-likeness (QED) is 0.152. The normalized spacial score (nSPS) is 15.4. The first-order valence-corrected chi connectivity index (χ1v) is 23.7. The summed E-state index contributed by atoms with van der Waals surface area (Å²) in [5, 5.41) is 0. The summed E-state index contributed by atoms with van der Waals surface area (Å²) in [6.07, 6.45) is 8.43. The molecular formula is C66H46O2. The standard InChI is InChI=1S/C66H46O2/c1-5-15-43(16-6-1)51-35-52(44-17-7-2-8-18-44)38-55(37-51)47-27-31-49(32-28-47)57-23-13-25-59-61-41-62-60-26-14-24-58(66(60)68-64(62)42-63(61)67-65(57)59)50-33-29-48(30-34-50)56-39-53(45-19-9-3-10-20-45)36-54(40-56)46-21-11-4-12-22-46/h1-23,25-41,58,63H,24,42H2. The summed E-state index contributed by atoms with van der Waals surface area (Å²) in [5.41, 5.74) is 22.7. The number of para-hydroxylation sites is 1. The molecule has 0 saturated carbocycles. The van der Waals surface area contributed by atoms with Gasteiger partial charge in [0.1, 0.15) is 23.4 Å². The van der Waals surface area contributed by atoms with E-state index in [1.54, 1.807) is 0 Å². The van der Waals surface area contributed by atoms with Crippen LogP contribution in [0.5, 0.6) is 5.75 Å². The van der Waals surface area contributed by atoms with E-state index in [4.69, 9.17) is 9.15 Å². The van der Waals surface area contributed by atoms with Crippen LogP contribution in [-0.4, -0.2) is 6.10 Å². The number of ether oxygens (including phenoxy) is 1. The van der Waals surface area contributed by atoms with Gasteiger partial charge in [-0.1, -0.05) is 200 Å². The van der Waals surface area contributed by atoms with Gasteiger partial charge in [0.25, 0.3) is 0 Å². The maximum Gasteiger partial charge on any atom is 0.135 e. The Morgan fingerprint density at radius 2 is 0.794 bits per heavy atom. The predicted molar refractivity (Wildman–Crippen MR) is 281 cm³/mol. The summed E-state index contributed by atoms with van der Waals surface area (Å²) in [6.45, 7) is 0. The van der Waals surface area contributed by atoms with E-state index in [9.17, 15) is 0 Å². The van der Waals surface area contributed by atoms with Crippen molar-refractivity contribution in [3.63, 3.8) is 0 Å². The average Bonchev–Trinajstić information content (AvgIpc) is 3.98. The van der Waals surface area contributed by atoms with Crippen molar-refractivity contribution >= 4 is 17.7 Å². The van der Waals surface area contributed by atoms with E-state index >= 15 is 0 Å². The summed E-state index contributed by atoms with van der Waals surface area (Å²) in [4.78, 5) is 0. The molecule has 0 bridgehead atoms. The Morgan fingerprint density at radius 3 is 1.28 bits per heavy atom. The first-order valence-electron chi connectivity index (χ1n) is 23.7. The number of furan rings is 1. The van der Waals surface area contributed by atoms with Gasteiger partial charge in [0.05, 0.1) is 0 Å². The van der Waals surface area contributed by atoms with Crippen LogP contribution in [0.1, 0.15) is 46.1 Å². The van der Waals surface area contributed by atoms with Crippen molar-refractivity contribution in [1.82, 2.24) is 0 Å². The lowest BCUT2D eigenvalue weighted by molar-refractivity contribution is 0.263. The van der Waals surface area contributed by atoms with Crippen LogP contribution >= 0.6 is 0 Å². The molecule has 2 heteroatoms. The van der Waals surface area contributed by atoms with Gasteiger partial charge in [0.15, 0.2) is 0 Å². The number of hydrogen-bond donors (Lipinski definition) is 0. The monoisotopic (exact) mass is 870 g/mol. The molecule has 2 atom stereocenters. The smallest absolute Gasteiger partial charge is 0.135 e. The number of hydrogen-bond acceptors (Lipinski definition) is 2. The fourth-order valence-corrected chi connectivity index (χ4v) is 10.7. The zero-order chi connectivity index (χ0) is 45.0. The van der Waals surface area contributed by atoms with Crippen LogP contribution in [0.25, 0.3) is 95.6 Å². The molecule has 1 aliphatic heterocycles. The molecule has 68 heavy (non-hydrogen) atoms. The molecule has 2 nitrogen and oxygen atoms in total. The molecule has 3 aliphatic rings. The molecule has 322 valence electrons. The van der Waals surface area contributed by atoms with Crippen LogP contribution in [0.2, 0.25) is 0 Å². The van der Waals surface area contributed by atoms with Crippen molar-refractivity contribution in [3.8, 4) is 83.6 Å². The number of benzene rings is 9. The topological polar surface area (TPSA) is 22.4 Å². The molecule has 0 spiro atoms. The van der Waals surface area contributed by atoms with E-state index in [2.05, 4.69) is 243 Å². The second-order valence-electron chi connectivity index (χ2n) is 18.3. The van der Waals surface area contributed by atoms with Gasteiger partial charge in [-0.2, -0.15) is 0 Å². The molecule has 0 amide bonds. The van der Waals surface area contributed by atoms with Gasteiger partial charge in [-0.05, 0) is 127 Å². The lowest BCUT2D eigenvalue weighted by Gasteiger charge is -2.19. The zero-order valence-electron chi connectivity index (χ0n) is 37.5. The molecule has 2 unspecified atom stereocenters. The van der Waals surface area contributed by atoms with Crippen LogP contribution in [0.3, 0.4) is 0 Å². The molecule has 1 aromatic heterocycles. The highest BCUT2D eigenvalue weighted by atomic mass is 16.5. The Morgan fingerprint density at radius 1 is 0.368 bits per heavy atom. The summed E-state index contributed by atoms with van der Waals surface area (Å²) < 4.78 is 13.8. The van der Waals surface area contributed by atoms with Crippen molar-refractivity contribution in [2.24, 2.45) is 0 Å². The van der Waals surface area contributed by atoms with E-state index in [-0.39, 0.29) is 12.0 Å². The Labute approximate surface area is 397 Å². The van der Waals surface area contributed by atoms with Crippen LogP contribution < -0.4 is 4.74 Å². The Kier molecular flexibility index (Phi) is 9.83. The highest BCUT2D eigenvalue weighted by Gasteiger charge is 2.38. The molecule has 9 aromatic carbocycles. The van der Waals surface area contributed by atoms with Crippen LogP contribution in [-0.2, 0) is 6.42 Å². The summed E-state index contributed by atoms with van der Waals surface area (Å²) in [6, 6.07) is 81.2. The van der Waals surface area contributed by atoms with Crippen molar-refractivity contribution in [2.75, 3.05) is 0 Å². The summed E-state index contributed by atoms with van der Waals surface area (Å²) >= 11 is 0. The number of rotatable bonds is 8. The van der Waals surface area contributed by atoms with Crippen LogP contribution in [0, 0.1) is 0 Å². The van der Waals surface area contributed by atoms with Crippen molar-refractivity contribution in [3.05, 3.63) is 264 Å². The van der Waals surface area contributed by atoms with E-state index in [0.29, 0.717) is 6.42 Å². The van der Waals surface area contributed by atoms with Gasteiger partial charge in [0.2, 0.25) is 0 Å². The van der Waals surface area contributed by atoms with E-state index in [1.165, 1.54) is 94.6 Å². The first-order chi connectivity index (χ1) is 33.7. The minimum absolute atomic E-state index is 0.100. The maximum absolute atomic E-state index is 6.92. The fourth-order valence-electron chi connectivity index (χ4n) is 10.7. The average molecular weight is 871 g/mol. The maximum atomic E-state index is 6.92. The first kappa shape index (κ1) is 39.9. The third-order valence-electron chi connectivity index (χ3n) is 14.1.